The van der Waals surface area contributed by atoms with E-state index in [4.69, 9.17) is 0 Å². The summed E-state index contributed by atoms with van der Waals surface area (Å²) in [6.45, 7) is 0. The van der Waals surface area contributed by atoms with Gasteiger partial charge in [0, 0.05) is 23.8 Å². The molecule has 2 heterocycles. The molecule has 0 radical (unpaired) electrons. The minimum absolute atomic E-state index is 0.301. The molecule has 0 saturated heterocycles. The number of nitrogens with zero attached hydrogens (tertiary/aromatic N) is 2. The van der Waals surface area contributed by atoms with Gasteiger partial charge in [-0.2, -0.15) is 0 Å². The van der Waals surface area contributed by atoms with Crippen LogP contribution in [0.25, 0.3) is 11.0 Å². The second-order valence-electron chi connectivity index (χ2n) is 3.95. The number of anilines is 2. The van der Waals surface area contributed by atoms with Crippen molar-refractivity contribution in [3.63, 3.8) is 0 Å². The van der Waals surface area contributed by atoms with Gasteiger partial charge in [0.25, 0.3) is 0 Å². The zero-order valence-electron chi connectivity index (χ0n) is 9.92. The summed E-state index contributed by atoms with van der Waals surface area (Å²) in [7, 11) is 0. The normalized spacial score (nSPS) is 10.3. The van der Waals surface area contributed by atoms with Gasteiger partial charge in [0.1, 0.15) is 0 Å². The lowest BCUT2D eigenvalue weighted by atomic mass is 10.3. The van der Waals surface area contributed by atoms with Crippen LogP contribution in [0.1, 0.15) is 0 Å². The predicted octanol–water partition coefficient (Wildman–Crippen LogP) is 2.60. The lowest BCUT2D eigenvalue weighted by Gasteiger charge is -2.07. The Kier molecular flexibility index (Phi) is 2.82. The van der Waals surface area contributed by atoms with Crippen molar-refractivity contribution in [3.05, 3.63) is 49.1 Å². The highest BCUT2D eigenvalue weighted by Gasteiger charge is 2.03. The fraction of sp³-hybridized carbons (Fsp3) is 0. The van der Waals surface area contributed by atoms with Gasteiger partial charge >= 0.3 is 6.03 Å². The van der Waals surface area contributed by atoms with Crippen molar-refractivity contribution in [3.8, 4) is 0 Å². The van der Waals surface area contributed by atoms with Gasteiger partial charge in [-0.1, -0.05) is 0 Å². The molecule has 0 spiro atoms. The SMILES string of the molecule is O=C(Nc1ccncc1)Nc1ccc2nc[nH]c2c1. The summed E-state index contributed by atoms with van der Waals surface area (Å²) in [5.74, 6) is 0. The number of rotatable bonds is 2. The first kappa shape index (κ1) is 11.2. The van der Waals surface area contributed by atoms with Gasteiger partial charge in [-0.3, -0.25) is 4.98 Å². The first-order chi connectivity index (χ1) is 9.31. The molecule has 2 aromatic heterocycles. The third kappa shape index (κ3) is 2.52. The number of imidazole rings is 1. The minimum Gasteiger partial charge on any atom is -0.345 e. The molecule has 0 aliphatic carbocycles. The van der Waals surface area contributed by atoms with Gasteiger partial charge in [0.2, 0.25) is 0 Å². The highest BCUT2D eigenvalue weighted by atomic mass is 16.2. The number of carbonyl (C=O) groups excluding carboxylic acids is 1. The molecule has 3 N–H and O–H groups in total. The quantitative estimate of drug-likeness (QED) is 0.656. The van der Waals surface area contributed by atoms with Crippen molar-refractivity contribution in [2.24, 2.45) is 0 Å². The lowest BCUT2D eigenvalue weighted by molar-refractivity contribution is 0.262. The van der Waals surface area contributed by atoms with E-state index < -0.39 is 0 Å². The highest BCUT2D eigenvalue weighted by molar-refractivity contribution is 6.00. The molecule has 3 rings (SSSR count). The number of fused-ring (bicyclic) bond motifs is 1. The van der Waals surface area contributed by atoms with Crippen molar-refractivity contribution in [2.45, 2.75) is 0 Å². The van der Waals surface area contributed by atoms with Crippen molar-refractivity contribution in [1.29, 1.82) is 0 Å². The number of hydrogen-bond donors (Lipinski definition) is 3. The van der Waals surface area contributed by atoms with Crippen LogP contribution in [-0.4, -0.2) is 21.0 Å². The monoisotopic (exact) mass is 253 g/mol. The van der Waals surface area contributed by atoms with Crippen LogP contribution in [0.3, 0.4) is 0 Å². The van der Waals surface area contributed by atoms with E-state index in [2.05, 4.69) is 25.6 Å². The zero-order chi connectivity index (χ0) is 13.1. The molecule has 0 atom stereocenters. The Labute approximate surface area is 108 Å². The van der Waals surface area contributed by atoms with Crippen molar-refractivity contribution in [2.75, 3.05) is 10.6 Å². The average Bonchev–Trinajstić information content (AvgIpc) is 2.87. The van der Waals surface area contributed by atoms with E-state index in [0.29, 0.717) is 11.4 Å². The molecule has 0 aliphatic rings. The topological polar surface area (TPSA) is 82.7 Å². The Bertz CT molecular complexity index is 707. The molecule has 6 nitrogen and oxygen atoms in total. The Balaban J connectivity index is 1.72. The zero-order valence-corrected chi connectivity index (χ0v) is 9.92. The standard InChI is InChI=1S/C13H11N5O/c19-13(17-9-3-5-14-6-4-9)18-10-1-2-11-12(7-10)16-8-15-11/h1-8H,(H,15,16)(H2,14,17,18,19). The van der Waals surface area contributed by atoms with Gasteiger partial charge in [-0.25, -0.2) is 9.78 Å². The van der Waals surface area contributed by atoms with E-state index in [1.54, 1.807) is 36.9 Å². The van der Waals surface area contributed by atoms with Crippen LogP contribution in [0, 0.1) is 0 Å². The molecule has 6 heteroatoms. The summed E-state index contributed by atoms with van der Waals surface area (Å²) >= 11 is 0. The van der Waals surface area contributed by atoms with Crippen molar-refractivity contribution < 1.29 is 4.79 Å². The number of nitrogens with one attached hydrogen (secondary N) is 3. The molecular weight excluding hydrogens is 242 g/mol. The fourth-order valence-electron chi connectivity index (χ4n) is 1.74. The van der Waals surface area contributed by atoms with Crippen LogP contribution in [0.2, 0.25) is 0 Å². The number of amides is 2. The third-order valence-electron chi connectivity index (χ3n) is 2.62. The number of aromatic nitrogens is 3. The molecule has 0 fully saturated rings. The number of carbonyl (C=O) groups is 1. The molecule has 0 bridgehead atoms. The van der Waals surface area contributed by atoms with Gasteiger partial charge in [0.15, 0.2) is 0 Å². The molecule has 3 aromatic rings. The highest BCUT2D eigenvalue weighted by Crippen LogP contribution is 2.15. The maximum absolute atomic E-state index is 11.8. The summed E-state index contributed by atoms with van der Waals surface area (Å²) in [6, 6.07) is 8.61. The number of benzene rings is 1. The summed E-state index contributed by atoms with van der Waals surface area (Å²) < 4.78 is 0. The van der Waals surface area contributed by atoms with E-state index >= 15 is 0 Å². The van der Waals surface area contributed by atoms with Gasteiger partial charge < -0.3 is 15.6 Å². The molecule has 0 unspecified atom stereocenters. The number of H-pyrrole nitrogens is 1. The van der Waals surface area contributed by atoms with Crippen molar-refractivity contribution in [1.82, 2.24) is 15.0 Å². The van der Waals surface area contributed by atoms with Crippen LogP contribution in [0.4, 0.5) is 16.2 Å². The molecule has 94 valence electrons. The molecule has 0 saturated carbocycles. The van der Waals surface area contributed by atoms with E-state index in [1.807, 2.05) is 12.1 Å². The summed E-state index contributed by atoms with van der Waals surface area (Å²) in [5, 5.41) is 5.47. The molecule has 2 amide bonds. The molecule has 0 aliphatic heterocycles. The summed E-state index contributed by atoms with van der Waals surface area (Å²) in [4.78, 5) is 22.8. The summed E-state index contributed by atoms with van der Waals surface area (Å²) in [5.41, 5.74) is 3.13. The first-order valence-electron chi connectivity index (χ1n) is 5.72. The summed E-state index contributed by atoms with van der Waals surface area (Å²) in [6.07, 6.45) is 4.85. The largest absolute Gasteiger partial charge is 0.345 e. The maximum atomic E-state index is 11.8. The number of urea groups is 1. The van der Waals surface area contributed by atoms with Crippen molar-refractivity contribution >= 4 is 28.4 Å². The van der Waals surface area contributed by atoms with E-state index in [-0.39, 0.29) is 6.03 Å². The Morgan fingerprint density at radius 1 is 1.05 bits per heavy atom. The number of hydrogen-bond acceptors (Lipinski definition) is 3. The first-order valence-corrected chi connectivity index (χ1v) is 5.72. The Hall–Kier alpha value is -2.89. The second kappa shape index (κ2) is 4.77. The van der Waals surface area contributed by atoms with Crippen LogP contribution in [-0.2, 0) is 0 Å². The van der Waals surface area contributed by atoms with E-state index in [1.165, 1.54) is 0 Å². The van der Waals surface area contributed by atoms with Gasteiger partial charge in [0.05, 0.1) is 17.4 Å². The van der Waals surface area contributed by atoms with Crippen LogP contribution >= 0.6 is 0 Å². The Morgan fingerprint density at radius 2 is 1.84 bits per heavy atom. The van der Waals surface area contributed by atoms with Gasteiger partial charge in [-0.05, 0) is 30.3 Å². The molecular formula is C13H11N5O. The van der Waals surface area contributed by atoms with E-state index in [9.17, 15) is 4.79 Å². The minimum atomic E-state index is -0.301. The fourth-order valence-corrected chi connectivity index (χ4v) is 1.74. The van der Waals surface area contributed by atoms with Crippen LogP contribution < -0.4 is 10.6 Å². The van der Waals surface area contributed by atoms with Crippen LogP contribution in [0.5, 0.6) is 0 Å². The van der Waals surface area contributed by atoms with Gasteiger partial charge in [-0.15, -0.1) is 0 Å². The van der Waals surface area contributed by atoms with Crippen LogP contribution in [0.15, 0.2) is 49.1 Å². The smallest absolute Gasteiger partial charge is 0.323 e. The molecule has 1 aromatic carbocycles. The maximum Gasteiger partial charge on any atom is 0.323 e. The predicted molar refractivity (Wildman–Crippen MR) is 73.0 cm³/mol. The second-order valence-corrected chi connectivity index (χ2v) is 3.95. The Morgan fingerprint density at radius 3 is 2.68 bits per heavy atom. The third-order valence-corrected chi connectivity index (χ3v) is 2.62. The average molecular weight is 253 g/mol. The van der Waals surface area contributed by atoms with E-state index in [0.717, 1.165) is 11.0 Å². The number of aromatic amines is 1. The number of pyridine rings is 1. The molecule has 19 heavy (non-hydrogen) atoms. The lowest BCUT2D eigenvalue weighted by Crippen LogP contribution is -2.19.